The molecular formula is C24H29N3O3S. The molecule has 1 unspecified atom stereocenters. The van der Waals surface area contributed by atoms with Gasteiger partial charge >= 0.3 is 0 Å². The Balaban J connectivity index is 1.88. The van der Waals surface area contributed by atoms with Gasteiger partial charge in [-0.15, -0.1) is 0 Å². The molecule has 0 heterocycles. The molecule has 4 N–H and O–H groups in total. The Bertz CT molecular complexity index is 1060. The second-order valence-electron chi connectivity index (χ2n) is 7.91. The molecular weight excluding hydrogens is 410 g/mol. The number of anilines is 1. The topological polar surface area (TPSA) is 95.7 Å². The van der Waals surface area contributed by atoms with E-state index in [4.69, 9.17) is 5.73 Å². The van der Waals surface area contributed by atoms with Crippen molar-refractivity contribution in [3.8, 4) is 0 Å². The summed E-state index contributed by atoms with van der Waals surface area (Å²) in [5, 5.41) is 11.2. The summed E-state index contributed by atoms with van der Waals surface area (Å²) < 4.78 is 15.3. The molecule has 0 saturated heterocycles. The molecule has 31 heavy (non-hydrogen) atoms. The number of benzene rings is 3. The third-order valence-corrected chi connectivity index (χ3v) is 6.75. The first-order valence-corrected chi connectivity index (χ1v) is 11.5. The Morgan fingerprint density at radius 3 is 2.42 bits per heavy atom. The monoisotopic (exact) mass is 439 g/mol. The average molecular weight is 440 g/mol. The number of rotatable bonds is 9. The van der Waals surface area contributed by atoms with Crippen LogP contribution in [0.3, 0.4) is 0 Å². The highest BCUT2D eigenvalue weighted by atomic mass is 32.2. The van der Waals surface area contributed by atoms with Crippen molar-refractivity contribution in [2.24, 2.45) is 5.92 Å². The fourth-order valence-corrected chi connectivity index (χ4v) is 5.25. The van der Waals surface area contributed by atoms with E-state index in [2.05, 4.69) is 12.1 Å². The first kappa shape index (κ1) is 22.9. The number of carbonyl (C=O) groups is 1. The van der Waals surface area contributed by atoms with Crippen molar-refractivity contribution in [3.05, 3.63) is 72.3 Å². The van der Waals surface area contributed by atoms with Crippen LogP contribution >= 0.6 is 0 Å². The van der Waals surface area contributed by atoms with Crippen molar-refractivity contribution >= 4 is 33.4 Å². The zero-order valence-corrected chi connectivity index (χ0v) is 18.6. The van der Waals surface area contributed by atoms with Crippen molar-refractivity contribution in [1.29, 1.82) is 0 Å². The van der Waals surface area contributed by atoms with Crippen molar-refractivity contribution < 1.29 is 14.2 Å². The van der Waals surface area contributed by atoms with Crippen LogP contribution in [0, 0.1) is 5.92 Å². The van der Waals surface area contributed by atoms with E-state index in [1.807, 2.05) is 62.4 Å². The average Bonchev–Trinajstić information content (AvgIpc) is 2.77. The normalized spacial score (nSPS) is 13.5. The maximum absolute atomic E-state index is 13.6. The number of carbonyl (C=O) groups excluding carboxylic acids is 1. The molecule has 0 aliphatic carbocycles. The van der Waals surface area contributed by atoms with Crippen LogP contribution in [0.4, 0.5) is 5.69 Å². The van der Waals surface area contributed by atoms with E-state index in [1.54, 1.807) is 15.9 Å². The van der Waals surface area contributed by atoms with Crippen molar-refractivity contribution in [3.63, 3.8) is 0 Å². The zero-order valence-electron chi connectivity index (χ0n) is 17.8. The molecule has 0 spiro atoms. The Morgan fingerprint density at radius 2 is 1.74 bits per heavy atom. The molecule has 0 aliphatic heterocycles. The van der Waals surface area contributed by atoms with Gasteiger partial charge < -0.3 is 5.73 Å². The van der Waals surface area contributed by atoms with E-state index in [-0.39, 0.29) is 5.92 Å². The first-order chi connectivity index (χ1) is 14.9. The summed E-state index contributed by atoms with van der Waals surface area (Å²) in [7, 11) is -1.58. The molecule has 0 saturated carbocycles. The summed E-state index contributed by atoms with van der Waals surface area (Å²) >= 11 is 0. The van der Waals surface area contributed by atoms with Crippen LogP contribution in [-0.2, 0) is 22.2 Å². The minimum Gasteiger partial charge on any atom is -0.399 e. The van der Waals surface area contributed by atoms with Gasteiger partial charge in [0, 0.05) is 12.2 Å². The molecule has 164 valence electrons. The van der Waals surface area contributed by atoms with Gasteiger partial charge in [-0.25, -0.2) is 14.0 Å². The third kappa shape index (κ3) is 5.70. The van der Waals surface area contributed by atoms with Gasteiger partial charge in [0.2, 0.25) is 0 Å². The standard InChI is InChI=1S/C24H29N3O3S/c1-17(2)23(24(28)26-29)27(14-6-9-18-7-4-3-5-8-18)31(30)22-13-11-19-15-21(25)12-10-20(19)16-22/h3-5,7-8,10-13,15-17,23,29H,6,9,14,25H2,1-2H3,(H,26,28)/t23-,31?/m1/s1. The molecule has 0 aliphatic rings. The van der Waals surface area contributed by atoms with Gasteiger partial charge in [0.1, 0.15) is 17.0 Å². The van der Waals surface area contributed by atoms with Crippen LogP contribution in [-0.4, -0.2) is 32.2 Å². The van der Waals surface area contributed by atoms with Gasteiger partial charge in [0.05, 0.1) is 4.90 Å². The lowest BCUT2D eigenvalue weighted by Crippen LogP contribution is -2.50. The van der Waals surface area contributed by atoms with E-state index in [0.717, 1.165) is 23.6 Å². The van der Waals surface area contributed by atoms with Gasteiger partial charge in [0.15, 0.2) is 0 Å². The highest BCUT2D eigenvalue weighted by Crippen LogP contribution is 2.25. The fraction of sp³-hybridized carbons (Fsp3) is 0.292. The second kappa shape index (κ2) is 10.5. The minimum absolute atomic E-state index is 0.145. The Morgan fingerprint density at radius 1 is 1.06 bits per heavy atom. The molecule has 3 aromatic rings. The van der Waals surface area contributed by atoms with Gasteiger partial charge in [-0.2, -0.15) is 0 Å². The smallest absolute Gasteiger partial charge is 0.261 e. The lowest BCUT2D eigenvalue weighted by Gasteiger charge is -2.31. The summed E-state index contributed by atoms with van der Waals surface area (Å²) in [4.78, 5) is 13.1. The summed E-state index contributed by atoms with van der Waals surface area (Å²) in [6, 6.07) is 20.4. The molecule has 1 amide bonds. The van der Waals surface area contributed by atoms with Crippen LogP contribution in [0.15, 0.2) is 71.6 Å². The van der Waals surface area contributed by atoms with Crippen molar-refractivity contribution in [1.82, 2.24) is 9.79 Å². The van der Waals surface area contributed by atoms with Gasteiger partial charge in [0.25, 0.3) is 5.91 Å². The van der Waals surface area contributed by atoms with Crippen LogP contribution in [0.5, 0.6) is 0 Å². The molecule has 2 atom stereocenters. The SMILES string of the molecule is CC(C)[C@H](C(=O)NO)N(CCCc1ccccc1)S(=O)c1ccc2cc(N)ccc2c1. The number of hydrogen-bond acceptors (Lipinski definition) is 4. The van der Waals surface area contributed by atoms with Crippen LogP contribution in [0.1, 0.15) is 25.8 Å². The largest absolute Gasteiger partial charge is 0.399 e. The molecule has 0 bridgehead atoms. The number of nitrogens with two attached hydrogens (primary N) is 1. The number of amides is 1. The molecule has 3 rings (SSSR count). The predicted molar refractivity (Wildman–Crippen MR) is 125 cm³/mol. The number of hydroxylamine groups is 1. The molecule has 0 aromatic heterocycles. The summed E-state index contributed by atoms with van der Waals surface area (Å²) in [6.45, 7) is 4.20. The number of fused-ring (bicyclic) bond motifs is 1. The zero-order chi connectivity index (χ0) is 22.4. The molecule has 3 aromatic carbocycles. The molecule has 6 nitrogen and oxygen atoms in total. The Kier molecular flexibility index (Phi) is 7.79. The maximum Gasteiger partial charge on any atom is 0.261 e. The van der Waals surface area contributed by atoms with E-state index in [9.17, 15) is 14.2 Å². The number of hydrogen-bond donors (Lipinski definition) is 3. The summed E-state index contributed by atoms with van der Waals surface area (Å²) in [6.07, 6.45) is 1.53. The maximum atomic E-state index is 13.6. The number of nitrogens with zero attached hydrogens (tertiary/aromatic N) is 1. The highest BCUT2D eigenvalue weighted by Gasteiger charge is 2.33. The fourth-order valence-electron chi connectivity index (χ4n) is 3.73. The van der Waals surface area contributed by atoms with E-state index in [0.29, 0.717) is 17.1 Å². The Hall–Kier alpha value is -2.74. The van der Waals surface area contributed by atoms with Crippen LogP contribution in [0.2, 0.25) is 0 Å². The molecule has 7 heteroatoms. The number of nitrogens with one attached hydrogen (secondary N) is 1. The van der Waals surface area contributed by atoms with Gasteiger partial charge in [-0.05, 0) is 59.4 Å². The van der Waals surface area contributed by atoms with Crippen molar-refractivity contribution in [2.45, 2.75) is 37.6 Å². The minimum atomic E-state index is -1.58. The highest BCUT2D eigenvalue weighted by molar-refractivity contribution is 7.82. The van der Waals surface area contributed by atoms with Gasteiger partial charge in [-0.3, -0.25) is 10.0 Å². The quantitative estimate of drug-likeness (QED) is 0.268. The lowest BCUT2D eigenvalue weighted by atomic mass is 10.0. The third-order valence-electron chi connectivity index (χ3n) is 5.26. The van der Waals surface area contributed by atoms with Crippen LogP contribution < -0.4 is 11.2 Å². The van der Waals surface area contributed by atoms with E-state index >= 15 is 0 Å². The lowest BCUT2D eigenvalue weighted by molar-refractivity contribution is -0.134. The van der Waals surface area contributed by atoms with Crippen molar-refractivity contribution in [2.75, 3.05) is 12.3 Å². The second-order valence-corrected chi connectivity index (χ2v) is 9.35. The first-order valence-electron chi connectivity index (χ1n) is 10.4. The van der Waals surface area contributed by atoms with Crippen LogP contribution in [0.25, 0.3) is 10.8 Å². The summed E-state index contributed by atoms with van der Waals surface area (Å²) in [5.74, 6) is -0.704. The molecule has 0 radical (unpaired) electrons. The number of nitrogen functional groups attached to an aromatic ring is 1. The Labute approximate surface area is 185 Å². The van der Waals surface area contributed by atoms with E-state index in [1.165, 1.54) is 5.56 Å². The summed E-state index contributed by atoms with van der Waals surface area (Å²) in [5.41, 5.74) is 9.46. The van der Waals surface area contributed by atoms with Gasteiger partial charge in [-0.1, -0.05) is 56.3 Å². The predicted octanol–water partition coefficient (Wildman–Crippen LogP) is 3.91. The van der Waals surface area contributed by atoms with E-state index < -0.39 is 22.9 Å². The molecule has 0 fully saturated rings. The number of aryl methyl sites for hydroxylation is 1.